The molecular formula is C6H5Br2F3O. The minimum atomic E-state index is -3.59. The second-order valence-electron chi connectivity index (χ2n) is 1.82. The van der Waals surface area contributed by atoms with E-state index in [0.29, 0.717) is 0 Å². The van der Waals surface area contributed by atoms with Gasteiger partial charge in [-0.25, -0.2) is 4.39 Å². The first-order chi connectivity index (χ1) is 5.24. The summed E-state index contributed by atoms with van der Waals surface area (Å²) in [6, 6.07) is 0. The van der Waals surface area contributed by atoms with Crippen molar-refractivity contribution in [3.63, 3.8) is 0 Å². The number of hydrogen-bond acceptors (Lipinski definition) is 1. The SMILES string of the molecule is C=C(F)/C(OC(F)(F)Br)=C(\C)Br. The molecule has 12 heavy (non-hydrogen) atoms. The molecule has 0 saturated carbocycles. The molecule has 0 fully saturated rings. The fraction of sp³-hybridized carbons (Fsp3) is 0.333. The molecule has 0 amide bonds. The average molecular weight is 310 g/mol. The molecule has 0 unspecified atom stereocenters. The lowest BCUT2D eigenvalue weighted by molar-refractivity contribution is -0.124. The molecule has 0 atom stereocenters. The predicted octanol–water partition coefficient (Wildman–Crippen LogP) is 4.06. The van der Waals surface area contributed by atoms with Crippen LogP contribution in [0.5, 0.6) is 0 Å². The molecule has 0 saturated heterocycles. The van der Waals surface area contributed by atoms with E-state index >= 15 is 0 Å². The topological polar surface area (TPSA) is 9.23 Å². The number of ether oxygens (including phenoxy) is 1. The Morgan fingerprint density at radius 2 is 1.92 bits per heavy atom. The third-order valence-electron chi connectivity index (χ3n) is 0.777. The summed E-state index contributed by atoms with van der Waals surface area (Å²) in [4.78, 5) is 0. The summed E-state index contributed by atoms with van der Waals surface area (Å²) in [6.45, 7) is 4.19. The molecule has 0 rings (SSSR count). The van der Waals surface area contributed by atoms with E-state index in [9.17, 15) is 13.2 Å². The Hall–Kier alpha value is 0.0300. The van der Waals surface area contributed by atoms with Gasteiger partial charge in [0.05, 0.1) is 0 Å². The van der Waals surface area contributed by atoms with Gasteiger partial charge in [0.15, 0.2) is 11.6 Å². The summed E-state index contributed by atoms with van der Waals surface area (Å²) in [5, 5.41) is -3.59. The van der Waals surface area contributed by atoms with Crippen molar-refractivity contribution in [1.82, 2.24) is 0 Å². The summed E-state index contributed by atoms with van der Waals surface area (Å²) < 4.78 is 40.6. The molecule has 0 radical (unpaired) electrons. The van der Waals surface area contributed by atoms with Crippen molar-refractivity contribution < 1.29 is 17.9 Å². The van der Waals surface area contributed by atoms with Crippen LogP contribution < -0.4 is 0 Å². The standard InChI is InChI=1S/C6H5Br2F3O/c1-3(7)5(4(2)9)12-6(8,10)11/h2H2,1H3/b5-3-. The zero-order valence-corrected chi connectivity index (χ0v) is 9.18. The highest BCUT2D eigenvalue weighted by molar-refractivity contribution is 9.11. The number of allylic oxidation sites excluding steroid dienone is 2. The van der Waals surface area contributed by atoms with Crippen molar-refractivity contribution in [3.8, 4) is 0 Å². The maximum atomic E-state index is 12.4. The van der Waals surface area contributed by atoms with Crippen molar-refractivity contribution >= 4 is 31.9 Å². The first kappa shape index (κ1) is 12.0. The Bertz CT molecular complexity index is 215. The zero-order valence-electron chi connectivity index (χ0n) is 6.01. The van der Waals surface area contributed by atoms with Crippen LogP contribution in [0.2, 0.25) is 0 Å². The van der Waals surface area contributed by atoms with Crippen molar-refractivity contribution in [2.45, 2.75) is 11.9 Å². The van der Waals surface area contributed by atoms with Gasteiger partial charge in [-0.3, -0.25) is 0 Å². The molecule has 0 aromatic rings. The van der Waals surface area contributed by atoms with Crippen LogP contribution in [-0.4, -0.2) is 5.02 Å². The van der Waals surface area contributed by atoms with Gasteiger partial charge in [0.1, 0.15) is 0 Å². The van der Waals surface area contributed by atoms with E-state index in [2.05, 4.69) is 27.2 Å². The van der Waals surface area contributed by atoms with Gasteiger partial charge in [-0.1, -0.05) is 22.5 Å². The van der Waals surface area contributed by atoms with E-state index in [1.807, 2.05) is 15.9 Å². The van der Waals surface area contributed by atoms with Crippen molar-refractivity contribution in [3.05, 3.63) is 22.6 Å². The molecule has 6 heteroatoms. The Morgan fingerprint density at radius 1 is 1.50 bits per heavy atom. The summed E-state index contributed by atoms with van der Waals surface area (Å²) in [5.74, 6) is -1.68. The highest BCUT2D eigenvalue weighted by atomic mass is 79.9. The van der Waals surface area contributed by atoms with Gasteiger partial charge in [0.25, 0.3) is 0 Å². The summed E-state index contributed by atoms with van der Waals surface area (Å²) in [5.41, 5.74) is 0. The molecule has 0 heterocycles. The molecule has 0 aliphatic rings. The van der Waals surface area contributed by atoms with Crippen LogP contribution in [0.3, 0.4) is 0 Å². The quantitative estimate of drug-likeness (QED) is 0.434. The highest BCUT2D eigenvalue weighted by Gasteiger charge is 2.29. The molecule has 0 aliphatic heterocycles. The second-order valence-corrected chi connectivity index (χ2v) is 3.93. The minimum Gasteiger partial charge on any atom is -0.420 e. The lowest BCUT2D eigenvalue weighted by Crippen LogP contribution is -2.11. The largest absolute Gasteiger partial charge is 0.459 e. The average Bonchev–Trinajstić information content (AvgIpc) is 1.79. The Kier molecular flexibility index (Phi) is 4.33. The molecule has 0 N–H and O–H groups in total. The Morgan fingerprint density at radius 3 is 2.00 bits per heavy atom. The van der Waals surface area contributed by atoms with E-state index in [-0.39, 0.29) is 4.48 Å². The fourth-order valence-electron chi connectivity index (χ4n) is 0.428. The third kappa shape index (κ3) is 4.82. The van der Waals surface area contributed by atoms with Crippen molar-refractivity contribution in [2.24, 2.45) is 0 Å². The highest BCUT2D eigenvalue weighted by Crippen LogP contribution is 2.31. The van der Waals surface area contributed by atoms with E-state index in [1.165, 1.54) is 6.92 Å². The molecule has 70 valence electrons. The van der Waals surface area contributed by atoms with Gasteiger partial charge in [-0.05, 0) is 6.92 Å². The van der Waals surface area contributed by atoms with Gasteiger partial charge < -0.3 is 4.74 Å². The number of alkyl halides is 3. The zero-order chi connectivity index (χ0) is 9.94. The van der Waals surface area contributed by atoms with Gasteiger partial charge in [-0.15, -0.1) is 0 Å². The van der Waals surface area contributed by atoms with Crippen molar-refractivity contribution in [1.29, 1.82) is 0 Å². The summed E-state index contributed by atoms with van der Waals surface area (Å²) >= 11 is 4.69. The summed E-state index contributed by atoms with van der Waals surface area (Å²) in [7, 11) is 0. The monoisotopic (exact) mass is 308 g/mol. The van der Waals surface area contributed by atoms with Crippen LogP contribution in [0.1, 0.15) is 6.92 Å². The fourth-order valence-corrected chi connectivity index (χ4v) is 0.886. The third-order valence-corrected chi connectivity index (χ3v) is 1.30. The first-order valence-corrected chi connectivity index (χ1v) is 4.29. The molecular weight excluding hydrogens is 305 g/mol. The lowest BCUT2D eigenvalue weighted by atomic mass is 10.4. The smallest absolute Gasteiger partial charge is 0.420 e. The number of hydrogen-bond donors (Lipinski definition) is 0. The normalized spacial score (nSPS) is 13.8. The second kappa shape index (κ2) is 4.32. The number of rotatable bonds is 3. The predicted molar refractivity (Wildman–Crippen MR) is 46.8 cm³/mol. The minimum absolute atomic E-state index is 0.106. The maximum absolute atomic E-state index is 12.4. The molecule has 0 spiro atoms. The maximum Gasteiger partial charge on any atom is 0.459 e. The molecule has 0 aromatic heterocycles. The van der Waals surface area contributed by atoms with Crippen LogP contribution in [0.25, 0.3) is 0 Å². The van der Waals surface area contributed by atoms with Crippen LogP contribution in [-0.2, 0) is 4.74 Å². The molecule has 0 aromatic carbocycles. The van der Waals surface area contributed by atoms with Gasteiger partial charge >= 0.3 is 5.02 Å². The Balaban J connectivity index is 4.60. The van der Waals surface area contributed by atoms with Gasteiger partial charge in [0, 0.05) is 20.4 Å². The lowest BCUT2D eigenvalue weighted by Gasteiger charge is -2.13. The molecule has 0 aliphatic carbocycles. The van der Waals surface area contributed by atoms with Gasteiger partial charge in [0.2, 0.25) is 0 Å². The number of halogens is 5. The molecule has 1 nitrogen and oxygen atoms in total. The van der Waals surface area contributed by atoms with E-state index in [4.69, 9.17) is 0 Å². The van der Waals surface area contributed by atoms with Crippen molar-refractivity contribution in [2.75, 3.05) is 0 Å². The van der Waals surface area contributed by atoms with E-state index in [1.54, 1.807) is 0 Å². The van der Waals surface area contributed by atoms with E-state index < -0.39 is 16.6 Å². The summed E-state index contributed by atoms with van der Waals surface area (Å²) in [6.07, 6.45) is 0. The first-order valence-electron chi connectivity index (χ1n) is 2.71. The van der Waals surface area contributed by atoms with E-state index in [0.717, 1.165) is 0 Å². The van der Waals surface area contributed by atoms with Gasteiger partial charge in [-0.2, -0.15) is 8.78 Å². The van der Waals surface area contributed by atoms with Crippen LogP contribution in [0, 0.1) is 0 Å². The van der Waals surface area contributed by atoms with Crippen LogP contribution in [0.4, 0.5) is 13.2 Å². The van der Waals surface area contributed by atoms with Crippen LogP contribution in [0.15, 0.2) is 22.6 Å². The van der Waals surface area contributed by atoms with Crippen LogP contribution >= 0.6 is 31.9 Å². The Labute approximate surface area is 84.5 Å². The molecule has 0 bridgehead atoms.